The standard InChI is InChI=1S/C17H27FN2/c1-6-15-7-8-16(17(18)11-15)14(4)20(10-9-19-5)12-13(2)3/h7-8,11,13,19H,4,6,9-10,12H2,1-3,5H3. The largest absolute Gasteiger partial charge is 0.370 e. The number of halogens is 1. The molecule has 0 aliphatic carbocycles. The van der Waals surface area contributed by atoms with Crippen molar-refractivity contribution < 1.29 is 4.39 Å². The van der Waals surface area contributed by atoms with Crippen molar-refractivity contribution in [2.75, 3.05) is 26.7 Å². The Kier molecular flexibility index (Phi) is 6.73. The molecule has 20 heavy (non-hydrogen) atoms. The second kappa shape index (κ2) is 8.05. The van der Waals surface area contributed by atoms with Gasteiger partial charge >= 0.3 is 0 Å². The maximum Gasteiger partial charge on any atom is 0.132 e. The summed E-state index contributed by atoms with van der Waals surface area (Å²) in [4.78, 5) is 2.16. The molecule has 0 saturated heterocycles. The molecule has 0 atom stereocenters. The predicted molar refractivity (Wildman–Crippen MR) is 85.1 cm³/mol. The summed E-state index contributed by atoms with van der Waals surface area (Å²) in [5, 5.41) is 3.13. The van der Waals surface area contributed by atoms with Crippen LogP contribution in [0.3, 0.4) is 0 Å². The second-order valence-corrected chi connectivity index (χ2v) is 5.56. The zero-order chi connectivity index (χ0) is 15.1. The van der Waals surface area contributed by atoms with Crippen LogP contribution >= 0.6 is 0 Å². The molecule has 112 valence electrons. The average molecular weight is 278 g/mol. The van der Waals surface area contributed by atoms with E-state index in [0.29, 0.717) is 11.5 Å². The average Bonchev–Trinajstić information content (AvgIpc) is 2.42. The summed E-state index contributed by atoms with van der Waals surface area (Å²) in [6, 6.07) is 5.45. The van der Waals surface area contributed by atoms with Gasteiger partial charge in [0.2, 0.25) is 0 Å². The summed E-state index contributed by atoms with van der Waals surface area (Å²) >= 11 is 0. The Balaban J connectivity index is 2.92. The van der Waals surface area contributed by atoms with Crippen LogP contribution in [0.2, 0.25) is 0 Å². The molecule has 0 radical (unpaired) electrons. The summed E-state index contributed by atoms with van der Waals surface area (Å²) in [6.45, 7) is 13.0. The fraction of sp³-hybridized carbons (Fsp3) is 0.529. The highest BCUT2D eigenvalue weighted by atomic mass is 19.1. The van der Waals surface area contributed by atoms with Gasteiger partial charge < -0.3 is 10.2 Å². The van der Waals surface area contributed by atoms with Gasteiger partial charge in [0.25, 0.3) is 0 Å². The molecule has 2 nitrogen and oxygen atoms in total. The van der Waals surface area contributed by atoms with Gasteiger partial charge in [-0.05, 0) is 37.1 Å². The van der Waals surface area contributed by atoms with Gasteiger partial charge in [-0.15, -0.1) is 0 Å². The summed E-state index contributed by atoms with van der Waals surface area (Å²) in [5.41, 5.74) is 2.40. The van der Waals surface area contributed by atoms with E-state index in [1.807, 2.05) is 26.1 Å². The molecular formula is C17H27FN2. The molecule has 1 aromatic rings. The third-order valence-corrected chi connectivity index (χ3v) is 3.35. The molecule has 0 bridgehead atoms. The molecule has 0 heterocycles. The molecule has 0 aliphatic heterocycles. The molecule has 3 heteroatoms. The Morgan fingerprint density at radius 1 is 1.40 bits per heavy atom. The van der Waals surface area contributed by atoms with Crippen molar-refractivity contribution in [1.29, 1.82) is 0 Å². The summed E-state index contributed by atoms with van der Waals surface area (Å²) in [5.74, 6) is 0.342. The van der Waals surface area contributed by atoms with Crippen molar-refractivity contribution in [3.8, 4) is 0 Å². The Bertz CT molecular complexity index is 441. The molecule has 0 aromatic heterocycles. The quantitative estimate of drug-likeness (QED) is 0.782. The number of rotatable bonds is 8. The maximum absolute atomic E-state index is 14.2. The van der Waals surface area contributed by atoms with E-state index in [1.54, 1.807) is 6.07 Å². The highest BCUT2D eigenvalue weighted by Crippen LogP contribution is 2.22. The van der Waals surface area contributed by atoms with Gasteiger partial charge in [0, 0.05) is 30.9 Å². The van der Waals surface area contributed by atoms with Gasteiger partial charge in [-0.25, -0.2) is 4.39 Å². The first kappa shape index (κ1) is 16.7. The lowest BCUT2D eigenvalue weighted by atomic mass is 10.1. The third kappa shape index (κ3) is 4.64. The number of benzene rings is 1. The fourth-order valence-corrected chi connectivity index (χ4v) is 2.21. The number of likely N-dealkylation sites (N-methyl/N-ethyl adjacent to an activating group) is 1. The second-order valence-electron chi connectivity index (χ2n) is 5.56. The number of hydrogen-bond donors (Lipinski definition) is 1. The molecule has 0 aliphatic rings. The number of nitrogens with zero attached hydrogens (tertiary/aromatic N) is 1. The van der Waals surface area contributed by atoms with Gasteiger partial charge in [0.1, 0.15) is 5.82 Å². The van der Waals surface area contributed by atoms with E-state index in [-0.39, 0.29) is 5.82 Å². The lowest BCUT2D eigenvalue weighted by molar-refractivity contribution is 0.347. The van der Waals surface area contributed by atoms with Crippen LogP contribution < -0.4 is 5.32 Å². The molecule has 0 spiro atoms. The van der Waals surface area contributed by atoms with Gasteiger partial charge in [-0.3, -0.25) is 0 Å². The minimum atomic E-state index is -0.174. The first-order chi connectivity index (χ1) is 9.49. The van der Waals surface area contributed by atoms with Crippen molar-refractivity contribution >= 4 is 5.70 Å². The Labute approximate surface area is 122 Å². The molecule has 1 aromatic carbocycles. The third-order valence-electron chi connectivity index (χ3n) is 3.35. The van der Waals surface area contributed by atoms with E-state index in [0.717, 1.165) is 37.3 Å². The zero-order valence-corrected chi connectivity index (χ0v) is 13.2. The normalized spacial score (nSPS) is 10.9. The first-order valence-electron chi connectivity index (χ1n) is 7.36. The van der Waals surface area contributed by atoms with E-state index in [2.05, 4.69) is 30.6 Å². The van der Waals surface area contributed by atoms with Gasteiger partial charge in [-0.2, -0.15) is 0 Å². The summed E-state index contributed by atoms with van der Waals surface area (Å²) < 4.78 is 14.2. The van der Waals surface area contributed by atoms with Crippen LogP contribution in [-0.4, -0.2) is 31.6 Å². The van der Waals surface area contributed by atoms with Crippen molar-refractivity contribution in [1.82, 2.24) is 10.2 Å². The van der Waals surface area contributed by atoms with Crippen molar-refractivity contribution in [3.63, 3.8) is 0 Å². The molecule has 0 unspecified atom stereocenters. The van der Waals surface area contributed by atoms with E-state index >= 15 is 0 Å². The summed E-state index contributed by atoms with van der Waals surface area (Å²) in [6.07, 6.45) is 0.846. The fourth-order valence-electron chi connectivity index (χ4n) is 2.21. The van der Waals surface area contributed by atoms with Crippen LogP contribution in [0.5, 0.6) is 0 Å². The van der Waals surface area contributed by atoms with Crippen molar-refractivity contribution in [2.45, 2.75) is 27.2 Å². The van der Waals surface area contributed by atoms with Crippen LogP contribution in [0.1, 0.15) is 31.9 Å². The number of hydrogen-bond acceptors (Lipinski definition) is 2. The highest BCUT2D eigenvalue weighted by Gasteiger charge is 2.14. The van der Waals surface area contributed by atoms with Crippen molar-refractivity contribution in [3.05, 3.63) is 41.7 Å². The topological polar surface area (TPSA) is 15.3 Å². The van der Waals surface area contributed by atoms with E-state index in [9.17, 15) is 4.39 Å². The Morgan fingerprint density at radius 3 is 2.60 bits per heavy atom. The minimum Gasteiger partial charge on any atom is -0.370 e. The highest BCUT2D eigenvalue weighted by molar-refractivity contribution is 5.62. The number of nitrogens with one attached hydrogen (secondary N) is 1. The van der Waals surface area contributed by atoms with Gasteiger partial charge in [-0.1, -0.05) is 33.4 Å². The van der Waals surface area contributed by atoms with E-state index in [1.165, 1.54) is 0 Å². The van der Waals surface area contributed by atoms with Gasteiger partial charge in [0.05, 0.1) is 0 Å². The van der Waals surface area contributed by atoms with Gasteiger partial charge in [0.15, 0.2) is 0 Å². The maximum atomic E-state index is 14.2. The zero-order valence-electron chi connectivity index (χ0n) is 13.2. The van der Waals surface area contributed by atoms with Crippen LogP contribution in [0.25, 0.3) is 5.70 Å². The SMILES string of the molecule is C=C(c1ccc(CC)cc1F)N(CCNC)CC(C)C. The lowest BCUT2D eigenvalue weighted by Crippen LogP contribution is -2.32. The summed E-state index contributed by atoms with van der Waals surface area (Å²) in [7, 11) is 1.92. The number of aryl methyl sites for hydroxylation is 1. The first-order valence-corrected chi connectivity index (χ1v) is 7.36. The van der Waals surface area contributed by atoms with Crippen molar-refractivity contribution in [2.24, 2.45) is 5.92 Å². The molecule has 0 saturated carbocycles. The molecular weight excluding hydrogens is 251 g/mol. The van der Waals surface area contributed by atoms with Crippen LogP contribution in [0.4, 0.5) is 4.39 Å². The minimum absolute atomic E-state index is 0.174. The van der Waals surface area contributed by atoms with E-state index < -0.39 is 0 Å². The van der Waals surface area contributed by atoms with Crippen LogP contribution in [0.15, 0.2) is 24.8 Å². The molecule has 0 fully saturated rings. The Hall–Kier alpha value is -1.35. The molecule has 0 amide bonds. The smallest absolute Gasteiger partial charge is 0.132 e. The molecule has 1 rings (SSSR count). The van der Waals surface area contributed by atoms with Crippen LogP contribution in [0, 0.1) is 11.7 Å². The monoisotopic (exact) mass is 278 g/mol. The molecule has 1 N–H and O–H groups in total. The van der Waals surface area contributed by atoms with Crippen LogP contribution in [-0.2, 0) is 6.42 Å². The predicted octanol–water partition coefficient (Wildman–Crippen LogP) is 3.54. The lowest BCUT2D eigenvalue weighted by Gasteiger charge is -2.29. The van der Waals surface area contributed by atoms with E-state index in [4.69, 9.17) is 0 Å². The Morgan fingerprint density at radius 2 is 2.10 bits per heavy atom.